The molecule has 4 rings (SSSR count). The largest absolute Gasteiger partial charge is 0.415 e. The second-order valence-corrected chi connectivity index (χ2v) is 12.2. The van der Waals surface area contributed by atoms with E-state index in [-0.39, 0.29) is 30.5 Å². The number of rotatable bonds is 14. The van der Waals surface area contributed by atoms with Crippen molar-refractivity contribution in [3.63, 3.8) is 0 Å². The standard InChI is InChI=1S/C35H41F4N5O2/c1-22(2)16-32(45)44-34(14-13-24-9-10-24,27-7-5-15-41-21-27)26-11-12-29(36)30(19-26)43-33(46)31(17-23(3)35(37,38)39)42-28-8-4-6-25(18-28)20-40/h4-8,11-12,17-19,21-22,24,41-42H,3,9-10,13-16,20,40H2,1-2H3,(H,43,46)(H,44,45)/b31-17-. The highest BCUT2D eigenvalue weighted by atomic mass is 19.4. The van der Waals surface area contributed by atoms with Gasteiger partial charge < -0.3 is 27.0 Å². The molecule has 0 spiro atoms. The molecule has 1 saturated carbocycles. The summed E-state index contributed by atoms with van der Waals surface area (Å²) in [5.41, 5.74) is 4.88. The predicted molar refractivity (Wildman–Crippen MR) is 173 cm³/mol. The van der Waals surface area contributed by atoms with E-state index in [0.717, 1.165) is 24.8 Å². The summed E-state index contributed by atoms with van der Waals surface area (Å²) in [4.78, 5) is 26.8. The second-order valence-electron chi connectivity index (χ2n) is 12.2. The van der Waals surface area contributed by atoms with Crippen molar-refractivity contribution in [3.05, 3.63) is 107 Å². The first-order valence-electron chi connectivity index (χ1n) is 15.4. The van der Waals surface area contributed by atoms with E-state index in [1.807, 2.05) is 32.2 Å². The Bertz CT molecular complexity index is 1540. The average molecular weight is 640 g/mol. The monoisotopic (exact) mass is 639 g/mol. The fourth-order valence-corrected chi connectivity index (χ4v) is 5.31. The van der Waals surface area contributed by atoms with Crippen LogP contribution in [0.3, 0.4) is 0 Å². The summed E-state index contributed by atoms with van der Waals surface area (Å²) < 4.78 is 55.8. The topological polar surface area (TPSA) is 108 Å². The Morgan fingerprint density at radius 1 is 1.13 bits per heavy atom. The number of hydrogen-bond donors (Lipinski definition) is 5. The van der Waals surface area contributed by atoms with Gasteiger partial charge in [0.05, 0.1) is 16.8 Å². The van der Waals surface area contributed by atoms with Crippen molar-refractivity contribution in [3.8, 4) is 0 Å². The van der Waals surface area contributed by atoms with Crippen molar-refractivity contribution in [2.45, 2.75) is 64.2 Å². The summed E-state index contributed by atoms with van der Waals surface area (Å²) in [6, 6.07) is 10.7. The minimum absolute atomic E-state index is 0.0907. The predicted octanol–water partition coefficient (Wildman–Crippen LogP) is 6.93. The van der Waals surface area contributed by atoms with E-state index in [0.29, 0.717) is 41.8 Å². The van der Waals surface area contributed by atoms with Gasteiger partial charge in [-0.15, -0.1) is 0 Å². The molecule has 1 atom stereocenters. The first-order chi connectivity index (χ1) is 21.8. The zero-order chi connectivity index (χ0) is 33.5. The normalized spacial score (nSPS) is 16.3. The highest BCUT2D eigenvalue weighted by Crippen LogP contribution is 2.43. The Morgan fingerprint density at radius 3 is 2.52 bits per heavy atom. The zero-order valence-corrected chi connectivity index (χ0v) is 26.1. The number of dihydropyridines is 1. The fraction of sp³-hybridized carbons (Fsp3) is 0.371. The molecule has 2 aromatic rings. The third-order valence-electron chi connectivity index (χ3n) is 7.93. The van der Waals surface area contributed by atoms with Crippen LogP contribution in [0.15, 0.2) is 90.3 Å². The Hall–Kier alpha value is -4.38. The maximum atomic E-state index is 15.4. The maximum Gasteiger partial charge on any atom is 0.415 e. The summed E-state index contributed by atoms with van der Waals surface area (Å²) >= 11 is 0. The van der Waals surface area contributed by atoms with Gasteiger partial charge in [0.1, 0.15) is 11.5 Å². The quantitative estimate of drug-likeness (QED) is 0.0876. The summed E-state index contributed by atoms with van der Waals surface area (Å²) in [5, 5.41) is 11.6. The van der Waals surface area contributed by atoms with Crippen LogP contribution < -0.4 is 27.0 Å². The van der Waals surface area contributed by atoms with Crippen LogP contribution in [0.5, 0.6) is 0 Å². The minimum Gasteiger partial charge on any atom is -0.387 e. The molecule has 46 heavy (non-hydrogen) atoms. The number of carbonyl (C=O) groups is 2. The number of allylic oxidation sites excluding steroid dienone is 2. The molecule has 1 fully saturated rings. The van der Waals surface area contributed by atoms with Gasteiger partial charge in [-0.2, -0.15) is 13.2 Å². The average Bonchev–Trinajstić information content (AvgIpc) is 3.84. The van der Waals surface area contributed by atoms with Gasteiger partial charge in [-0.05, 0) is 71.7 Å². The zero-order valence-electron chi connectivity index (χ0n) is 26.1. The second kappa shape index (κ2) is 14.8. The van der Waals surface area contributed by atoms with Gasteiger partial charge in [-0.3, -0.25) is 9.59 Å². The summed E-state index contributed by atoms with van der Waals surface area (Å²) in [5.74, 6) is -1.40. The Morgan fingerprint density at radius 2 is 1.89 bits per heavy atom. The van der Waals surface area contributed by atoms with E-state index in [1.54, 1.807) is 30.3 Å². The molecule has 0 radical (unpaired) electrons. The summed E-state index contributed by atoms with van der Waals surface area (Å²) in [6.07, 6.45) is 5.23. The van der Waals surface area contributed by atoms with Crippen molar-refractivity contribution >= 4 is 23.2 Å². The van der Waals surface area contributed by atoms with Gasteiger partial charge in [0, 0.05) is 31.4 Å². The number of hydrogen-bond acceptors (Lipinski definition) is 5. The molecule has 2 aliphatic rings. The highest BCUT2D eigenvalue weighted by molar-refractivity contribution is 6.06. The molecular formula is C35H41F4N5O2. The third-order valence-corrected chi connectivity index (χ3v) is 7.93. The Balaban J connectivity index is 1.74. The third kappa shape index (κ3) is 9.09. The molecule has 2 amide bonds. The van der Waals surface area contributed by atoms with Gasteiger partial charge >= 0.3 is 6.18 Å². The van der Waals surface area contributed by atoms with Crippen LogP contribution in [0.4, 0.5) is 28.9 Å². The molecule has 246 valence electrons. The van der Waals surface area contributed by atoms with Gasteiger partial charge in [0.15, 0.2) is 0 Å². The number of anilines is 2. The van der Waals surface area contributed by atoms with E-state index in [2.05, 4.69) is 27.8 Å². The van der Waals surface area contributed by atoms with Crippen molar-refractivity contribution in [1.82, 2.24) is 10.6 Å². The van der Waals surface area contributed by atoms with E-state index >= 15 is 4.39 Å². The first-order valence-corrected chi connectivity index (χ1v) is 15.4. The van der Waals surface area contributed by atoms with Crippen LogP contribution >= 0.6 is 0 Å². The number of benzene rings is 2. The molecule has 1 unspecified atom stereocenters. The molecular weight excluding hydrogens is 598 g/mol. The molecule has 0 saturated heterocycles. The van der Waals surface area contributed by atoms with Crippen LogP contribution in [0.25, 0.3) is 0 Å². The molecule has 11 heteroatoms. The van der Waals surface area contributed by atoms with Gasteiger partial charge in [0.2, 0.25) is 5.91 Å². The molecule has 0 bridgehead atoms. The number of carbonyl (C=O) groups excluding carboxylic acids is 2. The van der Waals surface area contributed by atoms with Crippen molar-refractivity contribution < 1.29 is 27.2 Å². The van der Waals surface area contributed by atoms with Gasteiger partial charge in [0.25, 0.3) is 5.91 Å². The Kier molecular flexibility index (Phi) is 11.1. The van der Waals surface area contributed by atoms with Crippen molar-refractivity contribution in [1.29, 1.82) is 0 Å². The van der Waals surface area contributed by atoms with Crippen molar-refractivity contribution in [2.75, 3.05) is 17.2 Å². The lowest BCUT2D eigenvalue weighted by atomic mass is 9.77. The molecule has 6 N–H and O–H groups in total. The smallest absolute Gasteiger partial charge is 0.387 e. The SMILES string of the molecule is C=C(/C=C(\Nc1cccc(CN)c1)C(=O)Nc1cc(C(CCC2CC2)(NC(=O)CC(C)C)C2=CNCC=C2)ccc1F)C(F)(F)F. The summed E-state index contributed by atoms with van der Waals surface area (Å²) in [6.45, 7) is 7.72. The van der Waals surface area contributed by atoms with Crippen LogP contribution in [0.1, 0.15) is 57.1 Å². The van der Waals surface area contributed by atoms with E-state index < -0.39 is 34.7 Å². The molecule has 2 aromatic carbocycles. The van der Waals surface area contributed by atoms with Crippen LogP contribution in [0.2, 0.25) is 0 Å². The lowest BCUT2D eigenvalue weighted by Crippen LogP contribution is -2.48. The Labute approximate surface area is 267 Å². The van der Waals surface area contributed by atoms with Crippen molar-refractivity contribution in [2.24, 2.45) is 17.6 Å². The molecule has 1 aliphatic heterocycles. The fourth-order valence-electron chi connectivity index (χ4n) is 5.31. The number of nitrogens with two attached hydrogens (primary N) is 1. The number of halogens is 4. The number of nitrogens with one attached hydrogen (secondary N) is 4. The van der Waals surface area contributed by atoms with Crippen LogP contribution in [-0.4, -0.2) is 24.5 Å². The van der Waals surface area contributed by atoms with E-state index in [4.69, 9.17) is 5.73 Å². The lowest BCUT2D eigenvalue weighted by Gasteiger charge is -2.38. The first kappa shape index (κ1) is 34.5. The molecule has 1 heterocycles. The molecule has 1 aliphatic carbocycles. The highest BCUT2D eigenvalue weighted by Gasteiger charge is 2.40. The number of amides is 2. The van der Waals surface area contributed by atoms with E-state index in [1.165, 1.54) is 12.1 Å². The number of alkyl halides is 3. The maximum absolute atomic E-state index is 15.4. The lowest BCUT2D eigenvalue weighted by molar-refractivity contribution is -0.123. The molecule has 7 nitrogen and oxygen atoms in total. The van der Waals surface area contributed by atoms with Crippen LogP contribution in [-0.2, 0) is 21.7 Å². The van der Waals surface area contributed by atoms with E-state index in [9.17, 15) is 22.8 Å². The van der Waals surface area contributed by atoms with Crippen LogP contribution in [0, 0.1) is 17.7 Å². The molecule has 0 aromatic heterocycles. The summed E-state index contributed by atoms with van der Waals surface area (Å²) in [7, 11) is 0. The minimum atomic E-state index is -4.80. The van der Waals surface area contributed by atoms with Gasteiger partial charge in [-0.1, -0.05) is 63.6 Å². The van der Waals surface area contributed by atoms with Gasteiger partial charge in [-0.25, -0.2) is 4.39 Å².